The van der Waals surface area contributed by atoms with Crippen molar-refractivity contribution in [1.82, 2.24) is 10.6 Å². The van der Waals surface area contributed by atoms with Gasteiger partial charge in [0.1, 0.15) is 18.4 Å². The molecule has 0 radical (unpaired) electrons. The van der Waals surface area contributed by atoms with E-state index in [-0.39, 0.29) is 38.2 Å². The Morgan fingerprint density at radius 1 is 0.886 bits per heavy atom. The Labute approximate surface area is 259 Å². The fraction of sp³-hybridized carbons (Fsp3) is 0.212. The van der Waals surface area contributed by atoms with E-state index in [2.05, 4.69) is 16.0 Å². The maximum absolute atomic E-state index is 13.4. The SMILES string of the molecule is O=C(O)CCc1ccccc1NC(=O)[C@H](CCCNC(=O)OCc1ccccc1)NC(=O)c1ccc(-c2ccc(Cl)cc2)o1. The van der Waals surface area contributed by atoms with E-state index >= 15 is 0 Å². The van der Waals surface area contributed by atoms with E-state index in [0.29, 0.717) is 28.5 Å². The number of hydrogen-bond acceptors (Lipinski definition) is 6. The van der Waals surface area contributed by atoms with Gasteiger partial charge in [-0.15, -0.1) is 0 Å². The zero-order valence-corrected chi connectivity index (χ0v) is 24.5. The Balaban J connectivity index is 1.40. The molecule has 228 valence electrons. The summed E-state index contributed by atoms with van der Waals surface area (Å²) in [6.07, 6.45) is 0.0360. The first kappa shape index (κ1) is 31.8. The summed E-state index contributed by atoms with van der Waals surface area (Å²) in [6, 6.07) is 25.2. The molecule has 0 spiro atoms. The summed E-state index contributed by atoms with van der Waals surface area (Å²) in [4.78, 5) is 49.8. The minimum absolute atomic E-state index is 0.0113. The third-order valence-corrected chi connectivity index (χ3v) is 6.87. The van der Waals surface area contributed by atoms with Crippen molar-refractivity contribution in [2.24, 2.45) is 0 Å². The third-order valence-electron chi connectivity index (χ3n) is 6.62. The lowest BCUT2D eigenvalue weighted by Gasteiger charge is -2.19. The maximum Gasteiger partial charge on any atom is 0.407 e. The second-order valence-electron chi connectivity index (χ2n) is 9.87. The molecule has 1 aromatic heterocycles. The standard InChI is InChI=1S/C33H32ClN3O7/c34-25-15-12-24(13-16-25)28-17-18-29(44-28)32(41)37-27(11-6-20-35-33(42)43-21-22-7-2-1-3-8-22)31(40)36-26-10-5-4-9-23(26)14-19-30(38)39/h1-5,7-10,12-13,15-18,27H,6,11,14,19-21H2,(H,35,42)(H,36,40)(H,37,41)(H,38,39)/t27-/m0/s1. The molecule has 11 heteroatoms. The molecule has 4 N–H and O–H groups in total. The molecule has 44 heavy (non-hydrogen) atoms. The van der Waals surface area contributed by atoms with Crippen molar-refractivity contribution in [3.8, 4) is 11.3 Å². The minimum atomic E-state index is -0.999. The van der Waals surface area contributed by atoms with Gasteiger partial charge < -0.3 is 30.2 Å². The van der Waals surface area contributed by atoms with Crippen LogP contribution in [0.2, 0.25) is 5.02 Å². The number of nitrogens with one attached hydrogen (secondary N) is 3. The van der Waals surface area contributed by atoms with Crippen LogP contribution >= 0.6 is 11.6 Å². The number of hydrogen-bond donors (Lipinski definition) is 4. The van der Waals surface area contributed by atoms with Crippen LogP contribution in [-0.2, 0) is 27.4 Å². The number of carbonyl (C=O) groups is 4. The van der Waals surface area contributed by atoms with Crippen LogP contribution < -0.4 is 16.0 Å². The second-order valence-corrected chi connectivity index (χ2v) is 10.3. The number of carboxylic acids is 1. The Kier molecular flexibility index (Phi) is 11.5. The normalized spacial score (nSPS) is 11.3. The molecule has 4 rings (SSSR count). The van der Waals surface area contributed by atoms with Crippen LogP contribution in [0.3, 0.4) is 0 Å². The second kappa shape index (κ2) is 15.9. The molecule has 0 bridgehead atoms. The first-order chi connectivity index (χ1) is 21.3. The first-order valence-corrected chi connectivity index (χ1v) is 14.4. The Morgan fingerprint density at radius 3 is 2.36 bits per heavy atom. The molecule has 3 amide bonds. The largest absolute Gasteiger partial charge is 0.481 e. The summed E-state index contributed by atoms with van der Waals surface area (Å²) in [5.74, 6) is -1.59. The van der Waals surface area contributed by atoms with Crippen molar-refractivity contribution < 1.29 is 33.4 Å². The van der Waals surface area contributed by atoms with Gasteiger partial charge in [0.05, 0.1) is 0 Å². The van der Waals surface area contributed by atoms with Crippen LogP contribution in [0.25, 0.3) is 11.3 Å². The highest BCUT2D eigenvalue weighted by atomic mass is 35.5. The van der Waals surface area contributed by atoms with Crippen LogP contribution in [0.5, 0.6) is 0 Å². The quantitative estimate of drug-likeness (QED) is 0.126. The van der Waals surface area contributed by atoms with E-state index in [1.807, 2.05) is 30.3 Å². The molecule has 0 aliphatic carbocycles. The molecule has 1 atom stereocenters. The summed E-state index contributed by atoms with van der Waals surface area (Å²) >= 11 is 5.96. The maximum atomic E-state index is 13.4. The average molecular weight is 618 g/mol. The number of carboxylic acid groups (broad SMARTS) is 1. The van der Waals surface area contributed by atoms with Crippen molar-refractivity contribution in [1.29, 1.82) is 0 Å². The number of alkyl carbamates (subject to hydrolysis) is 1. The summed E-state index contributed by atoms with van der Waals surface area (Å²) in [7, 11) is 0. The molecule has 10 nitrogen and oxygen atoms in total. The van der Waals surface area contributed by atoms with Crippen molar-refractivity contribution in [2.75, 3.05) is 11.9 Å². The van der Waals surface area contributed by atoms with Crippen LogP contribution in [0, 0.1) is 0 Å². The van der Waals surface area contributed by atoms with Crippen LogP contribution in [0.4, 0.5) is 10.5 Å². The summed E-state index contributed by atoms with van der Waals surface area (Å²) in [5, 5.41) is 17.9. The van der Waals surface area contributed by atoms with Crippen molar-refractivity contribution in [3.05, 3.63) is 113 Å². The highest BCUT2D eigenvalue weighted by Gasteiger charge is 2.24. The van der Waals surface area contributed by atoms with Crippen LogP contribution in [0.1, 0.15) is 40.9 Å². The van der Waals surface area contributed by atoms with Crippen LogP contribution in [-0.4, -0.2) is 41.6 Å². The van der Waals surface area contributed by atoms with Gasteiger partial charge in [0.25, 0.3) is 5.91 Å². The number of carbonyl (C=O) groups excluding carboxylic acids is 3. The molecule has 3 aromatic carbocycles. The smallest absolute Gasteiger partial charge is 0.407 e. The number of rotatable bonds is 14. The number of aryl methyl sites for hydroxylation is 1. The van der Waals surface area contributed by atoms with Crippen molar-refractivity contribution in [2.45, 2.75) is 38.3 Å². The lowest BCUT2D eigenvalue weighted by molar-refractivity contribution is -0.137. The molecule has 0 unspecified atom stereocenters. The highest BCUT2D eigenvalue weighted by molar-refractivity contribution is 6.30. The van der Waals surface area contributed by atoms with E-state index in [1.54, 1.807) is 54.6 Å². The number of benzene rings is 3. The topological polar surface area (TPSA) is 147 Å². The number of para-hydroxylation sites is 1. The van der Waals surface area contributed by atoms with Gasteiger partial charge in [0.15, 0.2) is 5.76 Å². The number of ether oxygens (including phenoxy) is 1. The van der Waals surface area contributed by atoms with Gasteiger partial charge in [-0.05, 0) is 72.9 Å². The Hall–Kier alpha value is -5.09. The first-order valence-electron chi connectivity index (χ1n) is 14.0. The number of aliphatic carboxylic acids is 1. The number of furan rings is 1. The molecule has 4 aromatic rings. The predicted octanol–water partition coefficient (Wildman–Crippen LogP) is 6.06. The van der Waals surface area contributed by atoms with Gasteiger partial charge in [-0.1, -0.05) is 60.1 Å². The average Bonchev–Trinajstić information content (AvgIpc) is 3.52. The molecule has 0 aliphatic rings. The van der Waals surface area contributed by atoms with Crippen LogP contribution in [0.15, 0.2) is 95.4 Å². The number of halogens is 1. The molecule has 0 saturated carbocycles. The molecule has 0 saturated heterocycles. The monoisotopic (exact) mass is 617 g/mol. The van der Waals surface area contributed by atoms with Gasteiger partial charge in [0.2, 0.25) is 5.91 Å². The fourth-order valence-electron chi connectivity index (χ4n) is 4.32. The number of anilines is 1. The lowest BCUT2D eigenvalue weighted by atomic mass is 10.1. The van der Waals surface area contributed by atoms with E-state index in [4.69, 9.17) is 25.9 Å². The summed E-state index contributed by atoms with van der Waals surface area (Å²) < 4.78 is 11.0. The lowest BCUT2D eigenvalue weighted by Crippen LogP contribution is -2.44. The van der Waals surface area contributed by atoms with Gasteiger partial charge in [0, 0.05) is 29.2 Å². The van der Waals surface area contributed by atoms with Gasteiger partial charge >= 0.3 is 12.1 Å². The zero-order valence-electron chi connectivity index (χ0n) is 23.8. The Morgan fingerprint density at radius 2 is 1.61 bits per heavy atom. The number of amides is 3. The molecular weight excluding hydrogens is 586 g/mol. The third kappa shape index (κ3) is 9.74. The molecular formula is C33H32ClN3O7. The van der Waals surface area contributed by atoms with E-state index in [9.17, 15) is 19.2 Å². The summed E-state index contributed by atoms with van der Waals surface area (Å²) in [6.45, 7) is 0.320. The summed E-state index contributed by atoms with van der Waals surface area (Å²) in [5.41, 5.74) is 2.67. The van der Waals surface area contributed by atoms with E-state index in [1.165, 1.54) is 6.07 Å². The molecule has 0 fully saturated rings. The van der Waals surface area contributed by atoms with Gasteiger partial charge in [-0.25, -0.2) is 4.79 Å². The van der Waals surface area contributed by atoms with Gasteiger partial charge in [-0.2, -0.15) is 0 Å². The predicted molar refractivity (Wildman–Crippen MR) is 165 cm³/mol. The molecule has 0 aliphatic heterocycles. The van der Waals surface area contributed by atoms with Gasteiger partial charge in [-0.3, -0.25) is 14.4 Å². The highest BCUT2D eigenvalue weighted by Crippen LogP contribution is 2.24. The minimum Gasteiger partial charge on any atom is -0.481 e. The molecule has 1 heterocycles. The fourth-order valence-corrected chi connectivity index (χ4v) is 4.45. The van der Waals surface area contributed by atoms with Crippen molar-refractivity contribution >= 4 is 41.2 Å². The Bertz CT molecular complexity index is 1570. The van der Waals surface area contributed by atoms with Crippen molar-refractivity contribution in [3.63, 3.8) is 0 Å². The van der Waals surface area contributed by atoms with E-state index < -0.39 is 29.9 Å². The zero-order chi connectivity index (χ0) is 31.3. The van der Waals surface area contributed by atoms with E-state index in [0.717, 1.165) is 11.1 Å².